The second-order valence-corrected chi connectivity index (χ2v) is 4.59. The molecule has 21 heavy (non-hydrogen) atoms. The van der Waals surface area contributed by atoms with E-state index >= 15 is 0 Å². The van der Waals surface area contributed by atoms with Crippen LogP contribution in [0.5, 0.6) is 0 Å². The van der Waals surface area contributed by atoms with Crippen molar-refractivity contribution in [2.24, 2.45) is 0 Å². The quantitative estimate of drug-likeness (QED) is 0.917. The Labute approximate surface area is 117 Å². The summed E-state index contributed by atoms with van der Waals surface area (Å²) in [5, 5.41) is 8.68. The smallest absolute Gasteiger partial charge is 0.306 e. The van der Waals surface area contributed by atoms with Gasteiger partial charge in [-0.25, -0.2) is 13.2 Å². The van der Waals surface area contributed by atoms with Crippen LogP contribution in [0.4, 0.5) is 13.2 Å². The van der Waals surface area contributed by atoms with Gasteiger partial charge >= 0.3 is 5.97 Å². The maximum absolute atomic E-state index is 13.6. The fourth-order valence-corrected chi connectivity index (χ4v) is 2.13. The summed E-state index contributed by atoms with van der Waals surface area (Å²) < 4.78 is 45.1. The Morgan fingerprint density at radius 1 is 1.29 bits per heavy atom. The first-order valence-electron chi connectivity index (χ1n) is 6.15. The van der Waals surface area contributed by atoms with Crippen molar-refractivity contribution in [1.82, 2.24) is 4.90 Å². The third-order valence-corrected chi connectivity index (χ3v) is 3.05. The number of hydrogen-bond donors (Lipinski definition) is 1. The molecule has 0 aliphatic carbocycles. The number of amides is 1. The Hall–Kier alpha value is -2.09. The predicted octanol–water partition coefficient (Wildman–Crippen LogP) is 1.42. The van der Waals surface area contributed by atoms with Gasteiger partial charge in [-0.1, -0.05) is 0 Å². The largest absolute Gasteiger partial charge is 0.481 e. The molecule has 5 nitrogen and oxygen atoms in total. The van der Waals surface area contributed by atoms with E-state index in [9.17, 15) is 22.8 Å². The van der Waals surface area contributed by atoms with E-state index in [1.165, 1.54) is 0 Å². The Kier molecular flexibility index (Phi) is 4.46. The molecule has 1 amide bonds. The molecule has 2 rings (SSSR count). The Bertz CT molecular complexity index is 556. The summed E-state index contributed by atoms with van der Waals surface area (Å²) >= 11 is 0. The van der Waals surface area contributed by atoms with Crippen molar-refractivity contribution in [1.29, 1.82) is 0 Å². The second-order valence-electron chi connectivity index (χ2n) is 4.59. The molecule has 8 heteroatoms. The van der Waals surface area contributed by atoms with Crippen LogP contribution in [0.2, 0.25) is 0 Å². The molecule has 0 spiro atoms. The van der Waals surface area contributed by atoms with E-state index in [1.54, 1.807) is 0 Å². The third kappa shape index (κ3) is 3.52. The van der Waals surface area contributed by atoms with Crippen molar-refractivity contribution in [2.75, 3.05) is 19.7 Å². The van der Waals surface area contributed by atoms with Gasteiger partial charge in [0.25, 0.3) is 5.91 Å². The first-order chi connectivity index (χ1) is 9.88. The van der Waals surface area contributed by atoms with E-state index in [1.807, 2.05) is 0 Å². The summed E-state index contributed by atoms with van der Waals surface area (Å²) in [5.74, 6) is -5.76. The van der Waals surface area contributed by atoms with E-state index in [0.717, 1.165) is 4.90 Å². The number of aliphatic carboxylic acids is 1. The highest BCUT2D eigenvalue weighted by Crippen LogP contribution is 2.19. The van der Waals surface area contributed by atoms with Crippen molar-refractivity contribution in [3.05, 3.63) is 35.1 Å². The first-order valence-corrected chi connectivity index (χ1v) is 6.15. The number of benzene rings is 1. The lowest BCUT2D eigenvalue weighted by atomic mass is 10.1. The van der Waals surface area contributed by atoms with E-state index in [4.69, 9.17) is 9.84 Å². The second kappa shape index (κ2) is 6.13. The first kappa shape index (κ1) is 15.3. The average molecular weight is 303 g/mol. The number of ether oxygens (including phenoxy) is 1. The molecule has 0 radical (unpaired) electrons. The van der Waals surface area contributed by atoms with Gasteiger partial charge in [-0.3, -0.25) is 9.59 Å². The maximum Gasteiger partial charge on any atom is 0.306 e. The van der Waals surface area contributed by atoms with Gasteiger partial charge in [0.2, 0.25) is 0 Å². The monoisotopic (exact) mass is 303 g/mol. The number of carbonyl (C=O) groups excluding carboxylic acids is 1. The molecule has 1 aliphatic rings. The molecule has 1 N–H and O–H groups in total. The number of nitrogens with zero attached hydrogens (tertiary/aromatic N) is 1. The number of rotatable bonds is 3. The van der Waals surface area contributed by atoms with Gasteiger partial charge < -0.3 is 14.7 Å². The Balaban J connectivity index is 2.18. The number of halogens is 3. The molecular weight excluding hydrogens is 291 g/mol. The molecule has 0 saturated carbocycles. The van der Waals surface area contributed by atoms with Gasteiger partial charge in [-0.05, 0) is 0 Å². The van der Waals surface area contributed by atoms with Crippen LogP contribution in [-0.2, 0) is 9.53 Å². The number of carboxylic acids is 1. The molecule has 1 saturated heterocycles. The lowest BCUT2D eigenvalue weighted by Crippen LogP contribution is -2.46. The highest BCUT2D eigenvalue weighted by Gasteiger charge is 2.30. The zero-order valence-corrected chi connectivity index (χ0v) is 10.8. The molecule has 1 heterocycles. The van der Waals surface area contributed by atoms with Gasteiger partial charge in [0.15, 0.2) is 0 Å². The molecule has 1 aromatic carbocycles. The van der Waals surface area contributed by atoms with E-state index in [-0.39, 0.29) is 26.1 Å². The predicted molar refractivity (Wildman–Crippen MR) is 64.2 cm³/mol. The summed E-state index contributed by atoms with van der Waals surface area (Å²) in [7, 11) is 0. The highest BCUT2D eigenvalue weighted by molar-refractivity contribution is 5.94. The molecule has 114 valence electrons. The molecule has 1 fully saturated rings. The van der Waals surface area contributed by atoms with Crippen LogP contribution < -0.4 is 0 Å². The molecule has 1 atom stereocenters. The summed E-state index contributed by atoms with van der Waals surface area (Å²) in [6, 6.07) is 0.844. The van der Waals surface area contributed by atoms with Crippen LogP contribution >= 0.6 is 0 Å². The fourth-order valence-electron chi connectivity index (χ4n) is 2.13. The Morgan fingerprint density at radius 2 is 1.90 bits per heavy atom. The van der Waals surface area contributed by atoms with Gasteiger partial charge in [0, 0.05) is 25.2 Å². The fraction of sp³-hybridized carbons (Fsp3) is 0.385. The number of hydrogen-bond acceptors (Lipinski definition) is 3. The number of morpholine rings is 1. The van der Waals surface area contributed by atoms with E-state index < -0.39 is 41.0 Å². The van der Waals surface area contributed by atoms with Crippen LogP contribution in [0.3, 0.4) is 0 Å². The summed E-state index contributed by atoms with van der Waals surface area (Å²) in [4.78, 5) is 23.8. The minimum Gasteiger partial charge on any atom is -0.481 e. The minimum atomic E-state index is -1.29. The minimum absolute atomic E-state index is 0.0636. The van der Waals surface area contributed by atoms with Gasteiger partial charge in [-0.2, -0.15) is 0 Å². The lowest BCUT2D eigenvalue weighted by Gasteiger charge is -2.32. The molecule has 0 bridgehead atoms. The summed E-state index contributed by atoms with van der Waals surface area (Å²) in [5.41, 5.74) is -0.854. The molecular formula is C13H12F3NO4. The zero-order valence-electron chi connectivity index (χ0n) is 10.8. The molecule has 1 aromatic rings. The van der Waals surface area contributed by atoms with Gasteiger partial charge in [0.05, 0.1) is 19.1 Å². The standard InChI is InChI=1S/C13H12F3NO4/c14-7-3-9(15)12(10(16)4-7)13(20)17-1-2-21-8(6-17)5-11(18)19/h3-4,8H,1-2,5-6H2,(H,18,19). The zero-order chi connectivity index (χ0) is 15.6. The van der Waals surface area contributed by atoms with Crippen molar-refractivity contribution in [2.45, 2.75) is 12.5 Å². The van der Waals surface area contributed by atoms with Crippen LogP contribution in [0.15, 0.2) is 12.1 Å². The van der Waals surface area contributed by atoms with Crippen molar-refractivity contribution in [3.63, 3.8) is 0 Å². The van der Waals surface area contributed by atoms with Gasteiger partial charge in [-0.15, -0.1) is 0 Å². The molecule has 1 unspecified atom stereocenters. The van der Waals surface area contributed by atoms with Crippen LogP contribution in [-0.4, -0.2) is 47.7 Å². The normalized spacial score (nSPS) is 18.6. The third-order valence-electron chi connectivity index (χ3n) is 3.05. The maximum atomic E-state index is 13.6. The SMILES string of the molecule is O=C(O)CC1CN(C(=O)c2c(F)cc(F)cc2F)CCO1. The topological polar surface area (TPSA) is 66.8 Å². The average Bonchev–Trinajstić information content (AvgIpc) is 2.36. The Morgan fingerprint density at radius 3 is 2.48 bits per heavy atom. The van der Waals surface area contributed by atoms with Crippen LogP contribution in [0.1, 0.15) is 16.8 Å². The van der Waals surface area contributed by atoms with E-state index in [0.29, 0.717) is 12.1 Å². The van der Waals surface area contributed by atoms with Gasteiger partial charge in [0.1, 0.15) is 23.0 Å². The highest BCUT2D eigenvalue weighted by atomic mass is 19.1. The van der Waals surface area contributed by atoms with Crippen molar-refractivity contribution in [3.8, 4) is 0 Å². The number of carbonyl (C=O) groups is 2. The number of carboxylic acid groups (broad SMARTS) is 1. The molecule has 1 aliphatic heterocycles. The van der Waals surface area contributed by atoms with Crippen LogP contribution in [0, 0.1) is 17.5 Å². The summed E-state index contributed by atoms with van der Waals surface area (Å²) in [6.07, 6.45) is -1.06. The molecule has 0 aromatic heterocycles. The lowest BCUT2D eigenvalue weighted by molar-refractivity contribution is -0.141. The van der Waals surface area contributed by atoms with Crippen LogP contribution in [0.25, 0.3) is 0 Å². The summed E-state index contributed by atoms with van der Waals surface area (Å²) in [6.45, 7) is 0.0424. The van der Waals surface area contributed by atoms with E-state index in [2.05, 4.69) is 0 Å². The van der Waals surface area contributed by atoms with Crippen molar-refractivity contribution >= 4 is 11.9 Å². The van der Waals surface area contributed by atoms with Crippen molar-refractivity contribution < 1.29 is 32.6 Å².